The lowest BCUT2D eigenvalue weighted by Crippen LogP contribution is -2.48. The summed E-state index contributed by atoms with van der Waals surface area (Å²) >= 11 is 0. The summed E-state index contributed by atoms with van der Waals surface area (Å²) in [5, 5.41) is 28.7. The normalized spacial score (nSPS) is 16.8. The van der Waals surface area contributed by atoms with Crippen LogP contribution in [-0.2, 0) is 40.5 Å². The molecule has 0 unspecified atom stereocenters. The number of anilines is 4. The van der Waals surface area contributed by atoms with Gasteiger partial charge in [-0.05, 0) is 116 Å². The Balaban J connectivity index is 0.000000200. The van der Waals surface area contributed by atoms with Gasteiger partial charge < -0.3 is 34.0 Å². The largest absolute Gasteiger partial charge is 0.494 e. The van der Waals surface area contributed by atoms with E-state index in [9.17, 15) is 49.8 Å². The van der Waals surface area contributed by atoms with Crippen molar-refractivity contribution in [3.05, 3.63) is 185 Å². The van der Waals surface area contributed by atoms with Crippen molar-refractivity contribution in [2.24, 2.45) is 0 Å². The summed E-state index contributed by atoms with van der Waals surface area (Å²) in [5.41, 5.74) is -1.78. The number of pyridine rings is 3. The van der Waals surface area contributed by atoms with Crippen molar-refractivity contribution in [2.45, 2.75) is 82.4 Å². The number of benzene rings is 3. The minimum atomic E-state index is -4.59. The summed E-state index contributed by atoms with van der Waals surface area (Å²) in [6.45, 7) is 9.90. The van der Waals surface area contributed by atoms with Gasteiger partial charge in [0.15, 0.2) is 5.60 Å². The summed E-state index contributed by atoms with van der Waals surface area (Å²) < 4.78 is 152. The van der Waals surface area contributed by atoms with Crippen molar-refractivity contribution in [3.8, 4) is 22.8 Å². The van der Waals surface area contributed by atoms with Crippen LogP contribution in [0.1, 0.15) is 39.0 Å². The highest BCUT2D eigenvalue weighted by Gasteiger charge is 2.58. The Labute approximate surface area is 517 Å². The Kier molecular flexibility index (Phi) is 17.4. The number of aliphatic hydroxyl groups is 1. The molecule has 0 spiro atoms. The average molecular weight is 1290 g/mol. The maximum atomic E-state index is 16.1. The molecule has 22 nitrogen and oxygen atoms in total. The van der Waals surface area contributed by atoms with Crippen molar-refractivity contribution in [1.82, 2.24) is 63.9 Å². The molecule has 1 atom stereocenters. The first-order valence-electron chi connectivity index (χ1n) is 28.7. The molecule has 0 bridgehead atoms. The van der Waals surface area contributed by atoms with Gasteiger partial charge in [-0.1, -0.05) is 30.3 Å². The minimum Gasteiger partial charge on any atom is -0.399 e. The lowest BCUT2D eigenvalue weighted by molar-refractivity contribution is -0.207. The Morgan fingerprint density at radius 1 is 0.533 bits per heavy atom. The number of hydrogen-bond acceptors (Lipinski definition) is 17. The predicted octanol–water partition coefficient (Wildman–Crippen LogP) is 6.94. The highest BCUT2D eigenvalue weighted by atomic mass is 19.4. The number of tetrazole rings is 1. The Morgan fingerprint density at radius 3 is 1.40 bits per heavy atom. The van der Waals surface area contributed by atoms with E-state index in [4.69, 9.17) is 9.31 Å². The smallest absolute Gasteiger partial charge is 0.399 e. The van der Waals surface area contributed by atoms with E-state index in [1.807, 2.05) is 58.0 Å². The Bertz CT molecular complexity index is 4100. The van der Waals surface area contributed by atoms with E-state index in [-0.39, 0.29) is 22.8 Å². The second-order valence-electron chi connectivity index (χ2n) is 23.0. The van der Waals surface area contributed by atoms with Gasteiger partial charge >= 0.3 is 36.8 Å². The molecule has 9 heterocycles. The van der Waals surface area contributed by atoms with Crippen molar-refractivity contribution >= 4 is 35.3 Å². The summed E-state index contributed by atoms with van der Waals surface area (Å²) in [6.07, 6.45) is -1.74. The van der Waals surface area contributed by atoms with E-state index in [1.165, 1.54) is 18.3 Å². The third-order valence-corrected chi connectivity index (χ3v) is 16.5. The van der Waals surface area contributed by atoms with Gasteiger partial charge in [-0.3, -0.25) is 4.98 Å². The second kappa shape index (κ2) is 25.0. The quantitative estimate of drug-likeness (QED) is 0.0813. The molecule has 1 N–H and O–H groups in total. The van der Waals surface area contributed by atoms with Crippen LogP contribution >= 0.6 is 0 Å². The second-order valence-corrected chi connectivity index (χ2v) is 23.0. The molecule has 33 heteroatoms. The van der Waals surface area contributed by atoms with Gasteiger partial charge in [0.2, 0.25) is 0 Å². The molecular formula is C59H58BF10N17O5. The van der Waals surface area contributed by atoms with Crippen LogP contribution in [0.2, 0.25) is 0 Å². The van der Waals surface area contributed by atoms with E-state index in [0.717, 1.165) is 105 Å². The molecule has 0 aliphatic carbocycles. The molecule has 3 fully saturated rings. The van der Waals surface area contributed by atoms with Gasteiger partial charge in [0.1, 0.15) is 61.0 Å². The third kappa shape index (κ3) is 13.6. The molecule has 0 saturated carbocycles. The Morgan fingerprint density at radius 2 is 0.989 bits per heavy atom. The molecule has 6 aromatic heterocycles. The number of rotatable bonds is 15. The van der Waals surface area contributed by atoms with Gasteiger partial charge in [-0.2, -0.15) is 45.3 Å². The van der Waals surface area contributed by atoms with Gasteiger partial charge in [0.25, 0.3) is 0 Å². The van der Waals surface area contributed by atoms with Gasteiger partial charge in [0.05, 0.1) is 41.5 Å². The van der Waals surface area contributed by atoms with Gasteiger partial charge in [-0.25, -0.2) is 51.5 Å². The molecular weight excluding hydrogens is 1230 g/mol. The van der Waals surface area contributed by atoms with E-state index < -0.39 is 84.9 Å². The number of nitrogens with zero attached hydrogens (tertiary/aromatic N) is 17. The zero-order valence-corrected chi connectivity index (χ0v) is 49.6. The molecule has 482 valence electrons. The fraction of sp³-hybridized carbons (Fsp3) is 0.356. The van der Waals surface area contributed by atoms with Crippen LogP contribution in [0.25, 0.3) is 22.8 Å². The standard InChI is InChI=1S/C34H28F7N11O2.C25H30BF3N6O3/c35-24-4-8-27(28(36)15-24)32(54,18-50-20-44-46-47-50)34(40,41)29-9-3-23(16-42-29)22-1-5-25(6-2-22)48-11-13-49(14-12-48)26-7-10-30(43-17-26)51-21-45-52(31(51)53)19-33(37,38)39;1-23(2)24(3,4)38-26(37-23)18-5-7-19(8-6-18)32-11-13-33(14-12-32)20-9-10-21(30-15-20)34-17-31-35(22(34)36)16-25(27,28)29/h1-10,15-17,20-21,54H,11-14,18-19H2;5-10,15,17H,11-14,16H2,1-4H3/t32-;/m0./s1. The molecule has 3 aliphatic rings. The fourth-order valence-corrected chi connectivity index (χ4v) is 10.7. The zero-order chi connectivity index (χ0) is 65.5. The monoisotopic (exact) mass is 1290 g/mol. The van der Waals surface area contributed by atoms with Crippen molar-refractivity contribution < 1.29 is 58.3 Å². The maximum absolute atomic E-state index is 16.1. The Hall–Kier alpha value is -9.50. The number of piperazine rings is 2. The first-order chi connectivity index (χ1) is 43.5. The summed E-state index contributed by atoms with van der Waals surface area (Å²) in [7, 11) is -0.392. The number of alkyl halides is 8. The van der Waals surface area contributed by atoms with Crippen LogP contribution in [0, 0.1) is 11.6 Å². The number of aromatic nitrogens is 13. The number of hydrogen-bond donors (Lipinski definition) is 1. The van der Waals surface area contributed by atoms with Crippen molar-refractivity contribution in [1.29, 1.82) is 0 Å². The SMILES string of the molecule is CC1(C)OB(c2ccc(N3CCN(c4ccc(-n5cnn(CC(F)(F)F)c5=O)nc4)CC3)cc2)OC1(C)C.O=c1n(-c2ccc(N3CCN(c4ccc(-c5ccc(C(F)(F)[C@](O)(Cn6cnnn6)c6ccc(F)cc6F)nc5)cc4)CC3)cn2)cnn1CC(F)(F)F. The van der Waals surface area contributed by atoms with Crippen LogP contribution < -0.4 is 36.4 Å². The highest BCUT2D eigenvalue weighted by molar-refractivity contribution is 6.62. The highest BCUT2D eigenvalue weighted by Crippen LogP contribution is 2.47. The topological polar surface area (TPSA) is 214 Å². The van der Waals surface area contributed by atoms with Crippen LogP contribution in [0.15, 0.2) is 150 Å². The van der Waals surface area contributed by atoms with Crippen LogP contribution in [0.4, 0.5) is 66.7 Å². The molecule has 92 heavy (non-hydrogen) atoms. The lowest BCUT2D eigenvalue weighted by atomic mass is 9.79. The average Bonchev–Trinajstić information content (AvgIpc) is 1.01. The molecule has 0 amide bonds. The van der Waals surface area contributed by atoms with E-state index in [1.54, 1.807) is 36.7 Å². The van der Waals surface area contributed by atoms with E-state index in [2.05, 4.69) is 72.4 Å². The van der Waals surface area contributed by atoms with E-state index in [0.29, 0.717) is 52.7 Å². The summed E-state index contributed by atoms with van der Waals surface area (Å²) in [5.74, 6) is -6.23. The van der Waals surface area contributed by atoms with Crippen LogP contribution in [-0.4, -0.2) is 152 Å². The predicted molar refractivity (Wildman–Crippen MR) is 316 cm³/mol. The van der Waals surface area contributed by atoms with Crippen molar-refractivity contribution in [2.75, 3.05) is 72.0 Å². The molecule has 3 aromatic carbocycles. The lowest BCUT2D eigenvalue weighted by Gasteiger charge is -2.37. The summed E-state index contributed by atoms with van der Waals surface area (Å²) in [4.78, 5) is 45.8. The van der Waals surface area contributed by atoms with Gasteiger partial charge in [0, 0.05) is 87.1 Å². The van der Waals surface area contributed by atoms with Gasteiger partial charge in [-0.15, -0.1) is 5.10 Å². The fourth-order valence-electron chi connectivity index (χ4n) is 10.7. The van der Waals surface area contributed by atoms with Crippen LogP contribution in [0.5, 0.6) is 0 Å². The summed E-state index contributed by atoms with van der Waals surface area (Å²) in [6, 6.07) is 26.6. The molecule has 12 rings (SSSR count). The maximum Gasteiger partial charge on any atom is 0.494 e. The van der Waals surface area contributed by atoms with Crippen LogP contribution in [0.3, 0.4) is 0 Å². The molecule has 3 saturated heterocycles. The zero-order valence-electron chi connectivity index (χ0n) is 49.6. The molecule has 9 aromatic rings. The number of halogens is 10. The molecule has 0 radical (unpaired) electrons. The first kappa shape index (κ1) is 64.0. The third-order valence-electron chi connectivity index (χ3n) is 16.5. The van der Waals surface area contributed by atoms with Crippen molar-refractivity contribution in [3.63, 3.8) is 0 Å². The first-order valence-corrected chi connectivity index (χ1v) is 28.7. The molecule has 3 aliphatic heterocycles. The minimum absolute atomic E-state index is 0.136. The van der Waals surface area contributed by atoms with E-state index >= 15 is 8.78 Å².